The lowest BCUT2D eigenvalue weighted by Gasteiger charge is -2.17. The van der Waals surface area contributed by atoms with E-state index in [9.17, 15) is 4.79 Å². The molecule has 0 heterocycles. The van der Waals surface area contributed by atoms with Gasteiger partial charge in [0.25, 0.3) is 0 Å². The summed E-state index contributed by atoms with van der Waals surface area (Å²) in [6.45, 7) is 4.59. The smallest absolute Gasteiger partial charge is 0.221 e. The average molecular weight is 361 g/mol. The first-order chi connectivity index (χ1) is 12.1. The predicted octanol–water partition coefficient (Wildman–Crippen LogP) is 3.88. The molecule has 0 saturated heterocycles. The summed E-state index contributed by atoms with van der Waals surface area (Å²) in [7, 11) is 2.01. The van der Waals surface area contributed by atoms with E-state index in [0.29, 0.717) is 31.1 Å². The quantitative estimate of drug-likeness (QED) is 0.738. The number of amides is 1. The maximum absolute atomic E-state index is 12.0. The number of ether oxygens (including phenoxy) is 1. The summed E-state index contributed by atoms with van der Waals surface area (Å²) in [6.07, 6.45) is 0.456. The maximum atomic E-state index is 12.0. The summed E-state index contributed by atoms with van der Waals surface area (Å²) in [5.74, 6) is 0.909. The Labute approximate surface area is 154 Å². The molecular weight excluding hydrogens is 336 g/mol. The van der Waals surface area contributed by atoms with Gasteiger partial charge in [-0.1, -0.05) is 41.9 Å². The van der Waals surface area contributed by atoms with Crippen LogP contribution in [0.2, 0.25) is 5.02 Å². The molecule has 0 unspecified atom stereocenters. The van der Waals surface area contributed by atoms with Crippen LogP contribution >= 0.6 is 11.6 Å². The third-order valence-electron chi connectivity index (χ3n) is 3.84. The van der Waals surface area contributed by atoms with Crippen LogP contribution in [0.25, 0.3) is 0 Å². The van der Waals surface area contributed by atoms with Crippen molar-refractivity contribution in [2.24, 2.45) is 0 Å². The molecule has 5 heteroatoms. The van der Waals surface area contributed by atoms with Gasteiger partial charge in [-0.15, -0.1) is 0 Å². The highest BCUT2D eigenvalue weighted by Crippen LogP contribution is 2.15. The highest BCUT2D eigenvalue weighted by molar-refractivity contribution is 6.31. The molecule has 0 aliphatic carbocycles. The lowest BCUT2D eigenvalue weighted by molar-refractivity contribution is -0.121. The van der Waals surface area contributed by atoms with Gasteiger partial charge in [-0.3, -0.25) is 4.79 Å². The van der Waals surface area contributed by atoms with Gasteiger partial charge in [-0.25, -0.2) is 0 Å². The van der Waals surface area contributed by atoms with Crippen LogP contribution < -0.4 is 10.1 Å². The summed E-state index contributed by atoms with van der Waals surface area (Å²) in [6, 6.07) is 15.6. The molecule has 0 radical (unpaired) electrons. The molecule has 25 heavy (non-hydrogen) atoms. The van der Waals surface area contributed by atoms with Crippen molar-refractivity contribution in [2.75, 3.05) is 20.2 Å². The number of nitrogens with zero attached hydrogens (tertiary/aromatic N) is 1. The minimum absolute atomic E-state index is 0.0264. The van der Waals surface area contributed by atoms with Crippen LogP contribution in [-0.4, -0.2) is 31.0 Å². The highest BCUT2D eigenvalue weighted by Gasteiger charge is 2.07. The number of carbonyl (C=O) groups excluding carboxylic acids is 1. The van der Waals surface area contributed by atoms with Crippen LogP contribution in [0.3, 0.4) is 0 Å². The topological polar surface area (TPSA) is 41.6 Å². The van der Waals surface area contributed by atoms with Gasteiger partial charge in [0.2, 0.25) is 5.91 Å². The van der Waals surface area contributed by atoms with Gasteiger partial charge in [-0.2, -0.15) is 0 Å². The molecule has 4 nitrogen and oxygen atoms in total. The summed E-state index contributed by atoms with van der Waals surface area (Å²) in [4.78, 5) is 14.1. The number of halogens is 1. The molecule has 0 saturated carbocycles. The Morgan fingerprint density at radius 1 is 1.16 bits per heavy atom. The van der Waals surface area contributed by atoms with E-state index in [1.807, 2.05) is 50.4 Å². The Morgan fingerprint density at radius 2 is 1.88 bits per heavy atom. The molecule has 2 aromatic rings. The Hall–Kier alpha value is -2.04. The van der Waals surface area contributed by atoms with E-state index in [0.717, 1.165) is 17.9 Å². The Bertz CT molecular complexity index is 674. The first-order valence-corrected chi connectivity index (χ1v) is 8.86. The van der Waals surface area contributed by atoms with Crippen LogP contribution in [0.4, 0.5) is 0 Å². The van der Waals surface area contributed by atoms with E-state index in [1.165, 1.54) is 5.56 Å². The number of hydrogen-bond donors (Lipinski definition) is 1. The van der Waals surface area contributed by atoms with Gasteiger partial charge in [0.15, 0.2) is 0 Å². The van der Waals surface area contributed by atoms with Crippen molar-refractivity contribution < 1.29 is 9.53 Å². The zero-order valence-corrected chi connectivity index (χ0v) is 15.6. The molecule has 0 spiro atoms. The molecule has 0 fully saturated rings. The highest BCUT2D eigenvalue weighted by atomic mass is 35.5. The van der Waals surface area contributed by atoms with Crippen molar-refractivity contribution in [3.8, 4) is 5.75 Å². The molecule has 0 aliphatic rings. The fourth-order valence-electron chi connectivity index (χ4n) is 2.46. The maximum Gasteiger partial charge on any atom is 0.221 e. The predicted molar refractivity (Wildman–Crippen MR) is 102 cm³/mol. The van der Waals surface area contributed by atoms with Crippen LogP contribution in [0.5, 0.6) is 5.75 Å². The standard InChI is InChI=1S/C20H25ClN2O2/c1-3-25-18-10-8-16(9-11-18)15-23(2)13-12-20(24)22-14-17-6-4-5-7-19(17)21/h4-11H,3,12-15H2,1-2H3,(H,22,24). The van der Waals surface area contributed by atoms with Crippen molar-refractivity contribution >= 4 is 17.5 Å². The van der Waals surface area contributed by atoms with Crippen LogP contribution in [0.1, 0.15) is 24.5 Å². The lowest BCUT2D eigenvalue weighted by Crippen LogP contribution is -2.28. The van der Waals surface area contributed by atoms with Gasteiger partial charge in [0.05, 0.1) is 6.61 Å². The van der Waals surface area contributed by atoms with Crippen LogP contribution in [-0.2, 0) is 17.9 Å². The monoisotopic (exact) mass is 360 g/mol. The lowest BCUT2D eigenvalue weighted by atomic mass is 10.2. The fourth-order valence-corrected chi connectivity index (χ4v) is 2.67. The zero-order chi connectivity index (χ0) is 18.1. The second-order valence-corrected chi connectivity index (χ2v) is 6.34. The Kier molecular flexibility index (Phi) is 7.76. The normalized spacial score (nSPS) is 10.7. The molecule has 0 aliphatic heterocycles. The van der Waals surface area contributed by atoms with Gasteiger partial charge in [0.1, 0.15) is 5.75 Å². The average Bonchev–Trinajstić information content (AvgIpc) is 2.61. The van der Waals surface area contributed by atoms with E-state index < -0.39 is 0 Å². The van der Waals surface area contributed by atoms with Crippen molar-refractivity contribution in [1.29, 1.82) is 0 Å². The molecule has 2 rings (SSSR count). The van der Waals surface area contributed by atoms with E-state index in [1.54, 1.807) is 0 Å². The van der Waals surface area contributed by atoms with Gasteiger partial charge < -0.3 is 15.0 Å². The second kappa shape index (κ2) is 10.1. The number of carbonyl (C=O) groups is 1. The largest absolute Gasteiger partial charge is 0.494 e. The van der Waals surface area contributed by atoms with Crippen molar-refractivity contribution in [3.05, 3.63) is 64.7 Å². The minimum atomic E-state index is 0.0264. The third-order valence-corrected chi connectivity index (χ3v) is 4.21. The molecular formula is C20H25ClN2O2. The number of nitrogens with one attached hydrogen (secondary N) is 1. The van der Waals surface area contributed by atoms with Crippen molar-refractivity contribution in [2.45, 2.75) is 26.4 Å². The van der Waals surface area contributed by atoms with Crippen molar-refractivity contribution in [3.63, 3.8) is 0 Å². The molecule has 0 bridgehead atoms. The Morgan fingerprint density at radius 3 is 2.56 bits per heavy atom. The van der Waals surface area contributed by atoms with Gasteiger partial charge in [-0.05, 0) is 43.3 Å². The molecule has 1 amide bonds. The first kappa shape index (κ1) is 19.3. The van der Waals surface area contributed by atoms with Crippen LogP contribution in [0, 0.1) is 0 Å². The molecule has 0 atom stereocenters. The number of hydrogen-bond acceptors (Lipinski definition) is 3. The van der Waals surface area contributed by atoms with E-state index in [2.05, 4.69) is 22.3 Å². The molecule has 2 aromatic carbocycles. The summed E-state index contributed by atoms with van der Waals surface area (Å²) >= 11 is 6.09. The fraction of sp³-hybridized carbons (Fsp3) is 0.350. The summed E-state index contributed by atoms with van der Waals surface area (Å²) < 4.78 is 5.44. The minimum Gasteiger partial charge on any atom is -0.494 e. The summed E-state index contributed by atoms with van der Waals surface area (Å²) in [5, 5.41) is 3.59. The zero-order valence-electron chi connectivity index (χ0n) is 14.8. The summed E-state index contributed by atoms with van der Waals surface area (Å²) in [5.41, 5.74) is 2.13. The van der Waals surface area contributed by atoms with Crippen molar-refractivity contribution in [1.82, 2.24) is 10.2 Å². The number of rotatable bonds is 9. The first-order valence-electron chi connectivity index (χ1n) is 8.49. The van der Waals surface area contributed by atoms with E-state index >= 15 is 0 Å². The van der Waals surface area contributed by atoms with Gasteiger partial charge in [0, 0.05) is 31.1 Å². The van der Waals surface area contributed by atoms with E-state index in [-0.39, 0.29) is 5.91 Å². The van der Waals surface area contributed by atoms with Gasteiger partial charge >= 0.3 is 0 Å². The third kappa shape index (κ3) is 6.77. The number of benzene rings is 2. The molecule has 0 aromatic heterocycles. The second-order valence-electron chi connectivity index (χ2n) is 5.93. The Balaban J connectivity index is 1.71. The van der Waals surface area contributed by atoms with E-state index in [4.69, 9.17) is 16.3 Å². The van der Waals surface area contributed by atoms with Crippen LogP contribution in [0.15, 0.2) is 48.5 Å². The molecule has 1 N–H and O–H groups in total. The SMILES string of the molecule is CCOc1ccc(CN(C)CCC(=O)NCc2ccccc2Cl)cc1. The molecule has 134 valence electrons.